The minimum absolute atomic E-state index is 0.135. The van der Waals surface area contributed by atoms with Crippen molar-refractivity contribution >= 4 is 15.9 Å². The van der Waals surface area contributed by atoms with Crippen molar-refractivity contribution < 1.29 is 22.7 Å². The van der Waals surface area contributed by atoms with Gasteiger partial charge in [0, 0.05) is 31.1 Å². The molecule has 0 radical (unpaired) electrons. The van der Waals surface area contributed by atoms with E-state index >= 15 is 0 Å². The van der Waals surface area contributed by atoms with Crippen LogP contribution in [0.1, 0.15) is 23.2 Å². The van der Waals surface area contributed by atoms with Crippen molar-refractivity contribution in [2.24, 2.45) is 5.92 Å². The van der Waals surface area contributed by atoms with E-state index in [1.807, 2.05) is 0 Å². The maximum atomic E-state index is 12.9. The van der Waals surface area contributed by atoms with Gasteiger partial charge in [-0.05, 0) is 31.0 Å². The maximum Gasteiger partial charge on any atom is 0.251 e. The second-order valence-electron chi connectivity index (χ2n) is 6.38. The molecular formula is C18H24N2O5S. The van der Waals surface area contributed by atoms with Crippen molar-refractivity contribution in [3.63, 3.8) is 0 Å². The van der Waals surface area contributed by atoms with Crippen LogP contribution in [0.5, 0.6) is 0 Å². The number of hydrogen-bond donors (Lipinski definition) is 1. The summed E-state index contributed by atoms with van der Waals surface area (Å²) in [6, 6.07) is 6.12. The van der Waals surface area contributed by atoms with Gasteiger partial charge in [0.25, 0.3) is 5.91 Å². The Bertz CT molecular complexity index is 751. The summed E-state index contributed by atoms with van der Waals surface area (Å²) in [5.41, 5.74) is 0.315. The minimum atomic E-state index is -3.63. The zero-order chi connectivity index (χ0) is 18.6. The fourth-order valence-corrected chi connectivity index (χ4v) is 4.77. The van der Waals surface area contributed by atoms with Gasteiger partial charge in [-0.3, -0.25) is 4.79 Å². The van der Waals surface area contributed by atoms with Crippen LogP contribution in [0.2, 0.25) is 0 Å². The Balaban J connectivity index is 1.68. The summed E-state index contributed by atoms with van der Waals surface area (Å²) in [4.78, 5) is 12.2. The first-order valence-electron chi connectivity index (χ1n) is 8.75. The number of amides is 1. The van der Waals surface area contributed by atoms with Gasteiger partial charge in [0.05, 0.1) is 18.1 Å². The molecule has 0 unspecified atom stereocenters. The first-order valence-corrected chi connectivity index (χ1v) is 10.2. The molecule has 0 spiro atoms. The third-order valence-corrected chi connectivity index (χ3v) is 6.57. The van der Waals surface area contributed by atoms with Crippen LogP contribution in [0, 0.1) is 5.92 Å². The SMILES string of the molecule is C=CCNC(=O)c1cccc(S(=O)(=O)N2CCC(C3OCCO3)CC2)c1. The largest absolute Gasteiger partial charge is 0.350 e. The Morgan fingerprint density at radius 1 is 1.27 bits per heavy atom. The van der Waals surface area contributed by atoms with E-state index in [0.717, 1.165) is 0 Å². The molecule has 7 nitrogen and oxygen atoms in total. The van der Waals surface area contributed by atoms with Crippen LogP contribution in [0.3, 0.4) is 0 Å². The van der Waals surface area contributed by atoms with Gasteiger partial charge in [-0.2, -0.15) is 4.31 Å². The second kappa shape index (κ2) is 8.30. The Hall–Kier alpha value is -1.74. The highest BCUT2D eigenvalue weighted by Gasteiger charge is 2.35. The Kier molecular flexibility index (Phi) is 6.08. The topological polar surface area (TPSA) is 84.9 Å². The van der Waals surface area contributed by atoms with Crippen LogP contribution in [-0.2, 0) is 19.5 Å². The Labute approximate surface area is 154 Å². The van der Waals surface area contributed by atoms with E-state index in [2.05, 4.69) is 11.9 Å². The number of rotatable bonds is 6. The van der Waals surface area contributed by atoms with Gasteiger partial charge in [-0.1, -0.05) is 12.1 Å². The predicted octanol–water partition coefficient (Wildman–Crippen LogP) is 1.38. The number of piperidine rings is 1. The number of carbonyl (C=O) groups is 1. The average Bonchev–Trinajstić information content (AvgIpc) is 3.21. The molecule has 0 saturated carbocycles. The van der Waals surface area contributed by atoms with E-state index in [4.69, 9.17) is 9.47 Å². The summed E-state index contributed by atoms with van der Waals surface area (Å²) >= 11 is 0. The summed E-state index contributed by atoms with van der Waals surface area (Å²) in [5.74, 6) is -0.101. The second-order valence-corrected chi connectivity index (χ2v) is 8.32. The van der Waals surface area contributed by atoms with Gasteiger partial charge in [0.15, 0.2) is 6.29 Å². The van der Waals surface area contributed by atoms with Gasteiger partial charge in [0.2, 0.25) is 10.0 Å². The van der Waals surface area contributed by atoms with Crippen molar-refractivity contribution in [1.82, 2.24) is 9.62 Å². The van der Waals surface area contributed by atoms with E-state index in [1.54, 1.807) is 18.2 Å². The minimum Gasteiger partial charge on any atom is -0.350 e. The van der Waals surface area contributed by atoms with Crippen LogP contribution in [0.25, 0.3) is 0 Å². The molecule has 1 N–H and O–H groups in total. The van der Waals surface area contributed by atoms with Gasteiger partial charge in [-0.15, -0.1) is 6.58 Å². The zero-order valence-corrected chi connectivity index (χ0v) is 15.4. The molecule has 26 heavy (non-hydrogen) atoms. The van der Waals surface area contributed by atoms with Crippen LogP contribution in [0.15, 0.2) is 41.8 Å². The van der Waals surface area contributed by atoms with Crippen LogP contribution < -0.4 is 5.32 Å². The monoisotopic (exact) mass is 380 g/mol. The molecule has 3 rings (SSSR count). The standard InChI is InChI=1S/C18H24N2O5S/c1-2-8-19-17(21)15-4-3-5-16(13-15)26(22,23)20-9-6-14(7-10-20)18-24-11-12-25-18/h2-5,13-14,18H,1,6-12H2,(H,19,21). The lowest BCUT2D eigenvalue weighted by molar-refractivity contribution is -0.0938. The van der Waals surface area contributed by atoms with Crippen molar-refractivity contribution in [2.45, 2.75) is 24.0 Å². The van der Waals surface area contributed by atoms with Crippen molar-refractivity contribution in [3.05, 3.63) is 42.5 Å². The number of benzene rings is 1. The number of hydrogen-bond acceptors (Lipinski definition) is 5. The third kappa shape index (κ3) is 4.15. The van der Waals surface area contributed by atoms with E-state index in [1.165, 1.54) is 16.4 Å². The Morgan fingerprint density at radius 3 is 2.62 bits per heavy atom. The molecule has 0 aromatic heterocycles. The number of carbonyl (C=O) groups excluding carboxylic acids is 1. The molecule has 2 heterocycles. The molecule has 1 aromatic carbocycles. The molecule has 1 amide bonds. The molecule has 2 saturated heterocycles. The molecule has 1 aromatic rings. The summed E-state index contributed by atoms with van der Waals surface area (Å²) in [5, 5.41) is 2.65. The molecule has 2 aliphatic rings. The zero-order valence-electron chi connectivity index (χ0n) is 14.6. The maximum absolute atomic E-state index is 12.9. The lowest BCUT2D eigenvalue weighted by Gasteiger charge is -2.33. The van der Waals surface area contributed by atoms with Crippen LogP contribution >= 0.6 is 0 Å². The summed E-state index contributed by atoms with van der Waals surface area (Å²) in [6.45, 7) is 5.91. The molecule has 0 aliphatic carbocycles. The van der Waals surface area contributed by atoms with E-state index in [9.17, 15) is 13.2 Å². The molecular weight excluding hydrogens is 356 g/mol. The van der Waals surface area contributed by atoms with E-state index < -0.39 is 10.0 Å². The summed E-state index contributed by atoms with van der Waals surface area (Å²) in [7, 11) is -3.63. The molecule has 2 aliphatic heterocycles. The molecule has 2 fully saturated rings. The highest BCUT2D eigenvalue weighted by atomic mass is 32.2. The third-order valence-electron chi connectivity index (χ3n) is 4.67. The highest BCUT2D eigenvalue weighted by molar-refractivity contribution is 7.89. The first kappa shape index (κ1) is 19.0. The lowest BCUT2D eigenvalue weighted by Crippen LogP contribution is -2.41. The first-order chi connectivity index (χ1) is 12.5. The van der Waals surface area contributed by atoms with Crippen LogP contribution in [-0.4, -0.2) is 57.8 Å². The van der Waals surface area contributed by atoms with Gasteiger partial charge in [0.1, 0.15) is 0 Å². The molecule has 0 bridgehead atoms. The quantitative estimate of drug-likeness (QED) is 0.754. The van der Waals surface area contributed by atoms with Gasteiger partial charge < -0.3 is 14.8 Å². The number of ether oxygens (including phenoxy) is 2. The fraction of sp³-hybridized carbons (Fsp3) is 0.500. The predicted molar refractivity (Wildman–Crippen MR) is 96.1 cm³/mol. The van der Waals surface area contributed by atoms with Crippen molar-refractivity contribution in [2.75, 3.05) is 32.8 Å². The molecule has 142 valence electrons. The van der Waals surface area contributed by atoms with Gasteiger partial charge >= 0.3 is 0 Å². The average molecular weight is 380 g/mol. The summed E-state index contributed by atoms with van der Waals surface area (Å²) in [6.07, 6.45) is 2.75. The molecule has 0 atom stereocenters. The van der Waals surface area contributed by atoms with Crippen LogP contribution in [0.4, 0.5) is 0 Å². The van der Waals surface area contributed by atoms with Gasteiger partial charge in [-0.25, -0.2) is 8.42 Å². The highest BCUT2D eigenvalue weighted by Crippen LogP contribution is 2.29. The lowest BCUT2D eigenvalue weighted by atomic mass is 9.98. The van der Waals surface area contributed by atoms with Crippen molar-refractivity contribution in [3.8, 4) is 0 Å². The number of nitrogens with one attached hydrogen (secondary N) is 1. The van der Waals surface area contributed by atoms with Crippen molar-refractivity contribution in [1.29, 1.82) is 0 Å². The molecule has 8 heteroatoms. The van der Waals surface area contributed by atoms with E-state index in [0.29, 0.717) is 51.3 Å². The smallest absolute Gasteiger partial charge is 0.251 e. The normalized spacial score (nSPS) is 20.2. The number of nitrogens with zero attached hydrogens (tertiary/aromatic N) is 1. The number of sulfonamides is 1. The van der Waals surface area contributed by atoms with E-state index in [-0.39, 0.29) is 23.0 Å². The fourth-order valence-electron chi connectivity index (χ4n) is 3.25. The summed E-state index contributed by atoms with van der Waals surface area (Å²) < 4.78 is 38.4. The Morgan fingerprint density at radius 2 is 1.96 bits per heavy atom.